The van der Waals surface area contributed by atoms with E-state index >= 15 is 0 Å². The van der Waals surface area contributed by atoms with Crippen LogP contribution in [0.25, 0.3) is 0 Å². The topological polar surface area (TPSA) is 32.3 Å². The molecule has 0 unspecified atom stereocenters. The van der Waals surface area contributed by atoms with Gasteiger partial charge in [0.15, 0.2) is 0 Å². The summed E-state index contributed by atoms with van der Waals surface area (Å²) in [4.78, 5) is 14.0. The van der Waals surface area contributed by atoms with Gasteiger partial charge in [0.25, 0.3) is 0 Å². The summed E-state index contributed by atoms with van der Waals surface area (Å²) in [5.41, 5.74) is 3.39. The summed E-state index contributed by atoms with van der Waals surface area (Å²) in [7, 11) is 3.68. The fraction of sp³-hybridized carbons (Fsp3) is 0.562. The van der Waals surface area contributed by atoms with E-state index in [0.717, 1.165) is 13.0 Å². The van der Waals surface area contributed by atoms with Crippen molar-refractivity contribution in [1.82, 2.24) is 10.2 Å². The molecule has 1 aromatic rings. The van der Waals surface area contributed by atoms with Gasteiger partial charge in [-0.3, -0.25) is 4.79 Å². The predicted octanol–water partition coefficient (Wildman–Crippen LogP) is 2.30. The molecule has 0 aliphatic rings. The molecule has 0 aromatic heterocycles. The number of nitrogens with zero attached hydrogens (tertiary/aromatic N) is 1. The molecule has 0 saturated heterocycles. The van der Waals surface area contributed by atoms with Gasteiger partial charge in [0.1, 0.15) is 0 Å². The smallest absolute Gasteiger partial charge is 0.242 e. The third-order valence-corrected chi connectivity index (χ3v) is 3.72. The van der Waals surface area contributed by atoms with Crippen molar-refractivity contribution in [2.24, 2.45) is 0 Å². The zero-order valence-corrected chi connectivity index (χ0v) is 13.0. The molecule has 1 N–H and O–H groups in total. The number of benzene rings is 1. The fourth-order valence-electron chi connectivity index (χ4n) is 2.10. The average Bonchev–Trinajstić information content (AvgIpc) is 2.36. The highest BCUT2D eigenvalue weighted by Gasteiger charge is 2.28. The number of likely N-dealkylation sites (N-methyl/N-ethyl adjacent to an activating group) is 2. The van der Waals surface area contributed by atoms with Crippen molar-refractivity contribution in [3.63, 3.8) is 0 Å². The van der Waals surface area contributed by atoms with Crippen LogP contribution in [0.5, 0.6) is 0 Å². The molecule has 1 rings (SSSR count). The van der Waals surface area contributed by atoms with Gasteiger partial charge in [-0.25, -0.2) is 0 Å². The van der Waals surface area contributed by atoms with Gasteiger partial charge in [0.05, 0.1) is 5.54 Å². The third kappa shape index (κ3) is 4.06. The van der Waals surface area contributed by atoms with E-state index in [1.165, 1.54) is 16.7 Å². The first-order valence-corrected chi connectivity index (χ1v) is 6.78. The van der Waals surface area contributed by atoms with Gasteiger partial charge >= 0.3 is 0 Å². The fourth-order valence-corrected chi connectivity index (χ4v) is 2.10. The molecule has 0 fully saturated rings. The van der Waals surface area contributed by atoms with Crippen molar-refractivity contribution in [2.75, 3.05) is 20.6 Å². The van der Waals surface area contributed by atoms with Crippen LogP contribution in [0.2, 0.25) is 0 Å². The Labute approximate surface area is 117 Å². The van der Waals surface area contributed by atoms with Crippen LogP contribution >= 0.6 is 0 Å². The molecule has 0 bridgehead atoms. The first-order chi connectivity index (χ1) is 8.77. The maximum absolute atomic E-state index is 12.2. The second-order valence-corrected chi connectivity index (χ2v) is 5.78. The van der Waals surface area contributed by atoms with Crippen LogP contribution in [0.15, 0.2) is 18.2 Å². The van der Waals surface area contributed by atoms with Gasteiger partial charge in [0.2, 0.25) is 5.91 Å². The zero-order chi connectivity index (χ0) is 14.6. The normalized spacial score (nSPS) is 11.5. The van der Waals surface area contributed by atoms with Gasteiger partial charge in [-0.15, -0.1) is 0 Å². The van der Waals surface area contributed by atoms with E-state index in [2.05, 4.69) is 37.4 Å². The molecule has 0 radical (unpaired) electrons. The lowest BCUT2D eigenvalue weighted by Crippen LogP contribution is -2.52. The summed E-state index contributed by atoms with van der Waals surface area (Å²) in [6, 6.07) is 6.47. The summed E-state index contributed by atoms with van der Waals surface area (Å²) < 4.78 is 0. The molecule has 19 heavy (non-hydrogen) atoms. The number of amides is 1. The van der Waals surface area contributed by atoms with Crippen LogP contribution in [-0.2, 0) is 11.2 Å². The first-order valence-electron chi connectivity index (χ1n) is 6.78. The lowest BCUT2D eigenvalue weighted by atomic mass is 10.0. The predicted molar refractivity (Wildman–Crippen MR) is 80.4 cm³/mol. The van der Waals surface area contributed by atoms with Crippen LogP contribution in [0.4, 0.5) is 0 Å². The molecular formula is C16H26N2O. The highest BCUT2D eigenvalue weighted by atomic mass is 16.2. The van der Waals surface area contributed by atoms with Gasteiger partial charge in [0, 0.05) is 13.6 Å². The SMILES string of the molecule is CNC(C)(C)C(=O)N(C)CCc1ccc(C)cc1C. The molecule has 0 heterocycles. The van der Waals surface area contributed by atoms with Crippen molar-refractivity contribution in [3.05, 3.63) is 34.9 Å². The lowest BCUT2D eigenvalue weighted by Gasteiger charge is -2.29. The molecule has 0 atom stereocenters. The number of carbonyl (C=O) groups excluding carboxylic acids is 1. The maximum Gasteiger partial charge on any atom is 0.242 e. The molecule has 3 heteroatoms. The summed E-state index contributed by atoms with van der Waals surface area (Å²) in [6.07, 6.45) is 0.897. The Bertz CT molecular complexity index is 452. The maximum atomic E-state index is 12.2. The summed E-state index contributed by atoms with van der Waals surface area (Å²) in [5, 5.41) is 3.05. The number of nitrogens with one attached hydrogen (secondary N) is 1. The zero-order valence-electron chi connectivity index (χ0n) is 13.0. The lowest BCUT2D eigenvalue weighted by molar-refractivity contribution is -0.135. The molecule has 0 saturated carbocycles. The minimum atomic E-state index is -0.503. The number of hydrogen-bond donors (Lipinski definition) is 1. The first kappa shape index (κ1) is 15.7. The molecular weight excluding hydrogens is 236 g/mol. The molecule has 3 nitrogen and oxygen atoms in total. The summed E-state index contributed by atoms with van der Waals surface area (Å²) in [5.74, 6) is 0.125. The highest BCUT2D eigenvalue weighted by Crippen LogP contribution is 2.12. The number of hydrogen-bond acceptors (Lipinski definition) is 2. The van der Waals surface area contributed by atoms with Crippen molar-refractivity contribution in [1.29, 1.82) is 0 Å². The Morgan fingerprint density at radius 3 is 2.47 bits per heavy atom. The van der Waals surface area contributed by atoms with Gasteiger partial charge in [-0.2, -0.15) is 0 Å². The van der Waals surface area contributed by atoms with Gasteiger partial charge in [-0.05, 0) is 52.3 Å². The van der Waals surface area contributed by atoms with E-state index < -0.39 is 5.54 Å². The molecule has 1 aromatic carbocycles. The van der Waals surface area contributed by atoms with Gasteiger partial charge in [-0.1, -0.05) is 23.8 Å². The van der Waals surface area contributed by atoms with Crippen molar-refractivity contribution >= 4 is 5.91 Å². The number of rotatable bonds is 5. The largest absolute Gasteiger partial charge is 0.344 e. The van der Waals surface area contributed by atoms with Crippen LogP contribution in [0.3, 0.4) is 0 Å². The van der Waals surface area contributed by atoms with Crippen molar-refractivity contribution in [3.8, 4) is 0 Å². The molecule has 106 valence electrons. The summed E-state index contributed by atoms with van der Waals surface area (Å²) >= 11 is 0. The second-order valence-electron chi connectivity index (χ2n) is 5.78. The van der Waals surface area contributed by atoms with E-state index in [1.807, 2.05) is 27.9 Å². The van der Waals surface area contributed by atoms with Crippen LogP contribution in [-0.4, -0.2) is 37.0 Å². The second kappa shape index (κ2) is 6.20. The van der Waals surface area contributed by atoms with E-state index in [9.17, 15) is 4.79 Å². The molecule has 0 aliphatic carbocycles. The van der Waals surface area contributed by atoms with E-state index in [-0.39, 0.29) is 5.91 Å². The van der Waals surface area contributed by atoms with E-state index in [1.54, 1.807) is 4.90 Å². The quantitative estimate of drug-likeness (QED) is 0.883. The van der Waals surface area contributed by atoms with Crippen LogP contribution in [0.1, 0.15) is 30.5 Å². The Kier molecular flexibility index (Phi) is 5.12. The molecule has 1 amide bonds. The Balaban J connectivity index is 2.64. The van der Waals surface area contributed by atoms with Crippen molar-refractivity contribution in [2.45, 2.75) is 39.7 Å². The van der Waals surface area contributed by atoms with Gasteiger partial charge < -0.3 is 10.2 Å². The Hall–Kier alpha value is -1.35. The number of aryl methyl sites for hydroxylation is 2. The standard InChI is InChI=1S/C16H26N2O/c1-12-7-8-14(13(2)11-12)9-10-18(6)15(19)16(3,4)17-5/h7-8,11,17H,9-10H2,1-6H3. The average molecular weight is 262 g/mol. The monoisotopic (exact) mass is 262 g/mol. The minimum absolute atomic E-state index is 0.125. The number of carbonyl (C=O) groups is 1. The highest BCUT2D eigenvalue weighted by molar-refractivity contribution is 5.85. The third-order valence-electron chi connectivity index (χ3n) is 3.72. The van der Waals surface area contributed by atoms with Crippen LogP contribution < -0.4 is 5.32 Å². The minimum Gasteiger partial charge on any atom is -0.344 e. The van der Waals surface area contributed by atoms with E-state index in [0.29, 0.717) is 0 Å². The molecule has 0 aliphatic heterocycles. The Morgan fingerprint density at radius 2 is 1.95 bits per heavy atom. The van der Waals surface area contributed by atoms with Crippen LogP contribution in [0, 0.1) is 13.8 Å². The summed E-state index contributed by atoms with van der Waals surface area (Å²) in [6.45, 7) is 8.78. The van der Waals surface area contributed by atoms with E-state index in [4.69, 9.17) is 0 Å². The molecule has 0 spiro atoms. The Morgan fingerprint density at radius 1 is 1.32 bits per heavy atom. The van der Waals surface area contributed by atoms with Crippen molar-refractivity contribution < 1.29 is 4.79 Å².